The van der Waals surface area contributed by atoms with Crippen molar-refractivity contribution >= 4 is 29.2 Å². The maximum Gasteiger partial charge on any atom is 0.412 e. The van der Waals surface area contributed by atoms with Crippen LogP contribution in [0.3, 0.4) is 0 Å². The van der Waals surface area contributed by atoms with Gasteiger partial charge in [0.25, 0.3) is 0 Å². The third-order valence-corrected chi connectivity index (χ3v) is 4.55. The van der Waals surface area contributed by atoms with E-state index in [4.69, 9.17) is 22.1 Å². The Bertz CT molecular complexity index is 1070. The molecule has 0 fully saturated rings. The highest BCUT2D eigenvalue weighted by Gasteiger charge is 2.37. The fourth-order valence-electron chi connectivity index (χ4n) is 3.12. The molecule has 2 aromatic rings. The lowest BCUT2D eigenvalue weighted by Gasteiger charge is -2.32. The Morgan fingerprint density at radius 1 is 1.48 bits per heavy atom. The predicted molar refractivity (Wildman–Crippen MR) is 106 cm³/mol. The van der Waals surface area contributed by atoms with Crippen LogP contribution in [0.5, 0.6) is 0 Å². The summed E-state index contributed by atoms with van der Waals surface area (Å²) in [4.78, 5) is 20.5. The molecule has 3 N–H and O–H groups in total. The number of amidine groups is 1. The van der Waals surface area contributed by atoms with E-state index in [1.54, 1.807) is 27.7 Å². The Kier molecular flexibility index (Phi) is 5.01. The number of fused-ring (bicyclic) bond motifs is 1. The number of rotatable bonds is 2. The van der Waals surface area contributed by atoms with Crippen molar-refractivity contribution in [2.75, 3.05) is 5.32 Å². The van der Waals surface area contributed by atoms with Gasteiger partial charge in [-0.25, -0.2) is 14.2 Å². The molecule has 0 bridgehead atoms. The summed E-state index contributed by atoms with van der Waals surface area (Å²) in [6.45, 7) is 6.99. The van der Waals surface area contributed by atoms with Crippen molar-refractivity contribution in [2.45, 2.75) is 45.4 Å². The van der Waals surface area contributed by atoms with E-state index in [1.807, 2.05) is 6.07 Å². The van der Waals surface area contributed by atoms with Crippen molar-refractivity contribution < 1.29 is 13.9 Å². The maximum absolute atomic E-state index is 14.7. The third-order valence-electron chi connectivity index (χ3n) is 4.29. The van der Waals surface area contributed by atoms with Gasteiger partial charge in [0.05, 0.1) is 6.54 Å². The fourth-order valence-corrected chi connectivity index (χ4v) is 3.35. The molecular formula is C19H20ClFN6O2. The number of aliphatic imine (C=N–C) groups is 1. The van der Waals surface area contributed by atoms with Crippen LogP contribution in [-0.4, -0.2) is 27.1 Å². The number of carbonyl (C=O) groups excluding carboxylic acids is 1. The standard InChI is InChI=1S/C19H20ClFN6O2/c1-18(2,3)29-17(28)24-10-5-6-12(21)11(7-10)19(4)9-27-13(8-22)14(20)25-16(27)15(23)26-19/h5-7H,9H2,1-4H3,(H2,23,26)(H,24,28). The van der Waals surface area contributed by atoms with Gasteiger partial charge in [0, 0.05) is 11.3 Å². The predicted octanol–water partition coefficient (Wildman–Crippen LogP) is 3.53. The number of nitrogens with zero attached hydrogens (tertiary/aromatic N) is 4. The van der Waals surface area contributed by atoms with E-state index in [2.05, 4.69) is 15.3 Å². The van der Waals surface area contributed by atoms with Crippen LogP contribution >= 0.6 is 11.6 Å². The summed E-state index contributed by atoms with van der Waals surface area (Å²) in [5.74, 6) is -0.244. The zero-order valence-corrected chi connectivity index (χ0v) is 17.1. The van der Waals surface area contributed by atoms with Gasteiger partial charge in [-0.1, -0.05) is 11.6 Å². The summed E-state index contributed by atoms with van der Waals surface area (Å²) in [5, 5.41) is 12.0. The molecule has 1 aromatic carbocycles. The molecule has 29 heavy (non-hydrogen) atoms. The van der Waals surface area contributed by atoms with Gasteiger partial charge < -0.3 is 15.0 Å². The lowest BCUT2D eigenvalue weighted by Crippen LogP contribution is -2.38. The molecule has 152 valence electrons. The largest absolute Gasteiger partial charge is 0.444 e. The van der Waals surface area contributed by atoms with Gasteiger partial charge in [-0.05, 0) is 45.9 Å². The molecule has 1 aliphatic heterocycles. The number of nitrogens with one attached hydrogen (secondary N) is 1. The Labute approximate surface area is 172 Å². The second-order valence-electron chi connectivity index (χ2n) is 7.87. The van der Waals surface area contributed by atoms with Gasteiger partial charge in [-0.2, -0.15) is 5.26 Å². The summed E-state index contributed by atoms with van der Waals surface area (Å²) >= 11 is 6.01. The normalized spacial score (nSPS) is 18.4. The van der Waals surface area contributed by atoms with Crippen molar-refractivity contribution in [1.82, 2.24) is 9.55 Å². The Balaban J connectivity index is 1.99. The number of hydrogen-bond acceptors (Lipinski definition) is 6. The van der Waals surface area contributed by atoms with Crippen LogP contribution < -0.4 is 11.1 Å². The van der Waals surface area contributed by atoms with Crippen LogP contribution in [0.25, 0.3) is 0 Å². The van der Waals surface area contributed by atoms with Crippen LogP contribution in [0.4, 0.5) is 14.9 Å². The number of aromatic nitrogens is 2. The number of carbonyl (C=O) groups is 1. The number of imidazole rings is 1. The summed E-state index contributed by atoms with van der Waals surface area (Å²) < 4.78 is 21.5. The molecule has 3 rings (SSSR count). The first-order valence-electron chi connectivity index (χ1n) is 8.75. The molecule has 1 atom stereocenters. The average Bonchev–Trinajstić information content (AvgIpc) is 2.90. The minimum Gasteiger partial charge on any atom is -0.444 e. The number of halogens is 2. The number of benzene rings is 1. The molecule has 0 radical (unpaired) electrons. The van der Waals surface area contributed by atoms with Crippen LogP contribution in [-0.2, 0) is 16.8 Å². The van der Waals surface area contributed by atoms with E-state index >= 15 is 0 Å². The second kappa shape index (κ2) is 7.04. The lowest BCUT2D eigenvalue weighted by molar-refractivity contribution is 0.0636. The van der Waals surface area contributed by atoms with E-state index in [1.165, 1.54) is 22.8 Å². The summed E-state index contributed by atoms with van der Waals surface area (Å²) in [6.07, 6.45) is -0.665. The second-order valence-corrected chi connectivity index (χ2v) is 8.22. The summed E-state index contributed by atoms with van der Waals surface area (Å²) in [7, 11) is 0. The van der Waals surface area contributed by atoms with Gasteiger partial charge >= 0.3 is 6.09 Å². The molecule has 1 unspecified atom stereocenters. The topological polar surface area (TPSA) is 118 Å². The number of nitriles is 1. The minimum atomic E-state index is -1.15. The summed E-state index contributed by atoms with van der Waals surface area (Å²) in [5.41, 5.74) is 4.84. The van der Waals surface area contributed by atoms with Gasteiger partial charge in [0.15, 0.2) is 22.5 Å². The first-order valence-corrected chi connectivity index (χ1v) is 9.13. The number of nitrogens with two attached hydrogens (primary N) is 1. The molecule has 10 heteroatoms. The van der Waals surface area contributed by atoms with Crippen LogP contribution in [0.1, 0.15) is 44.8 Å². The third kappa shape index (κ3) is 4.03. The van der Waals surface area contributed by atoms with Crippen molar-refractivity contribution in [2.24, 2.45) is 10.7 Å². The number of amides is 1. The number of anilines is 1. The zero-order chi connectivity index (χ0) is 21.6. The Morgan fingerprint density at radius 2 is 2.17 bits per heavy atom. The molecule has 1 aromatic heterocycles. The molecular weight excluding hydrogens is 399 g/mol. The van der Waals surface area contributed by atoms with Crippen molar-refractivity contribution in [3.05, 3.63) is 46.3 Å². The molecule has 0 saturated heterocycles. The number of ether oxygens (including phenoxy) is 1. The lowest BCUT2D eigenvalue weighted by atomic mass is 9.90. The van der Waals surface area contributed by atoms with E-state index in [9.17, 15) is 14.4 Å². The smallest absolute Gasteiger partial charge is 0.412 e. The van der Waals surface area contributed by atoms with Gasteiger partial charge in [0.1, 0.15) is 23.0 Å². The van der Waals surface area contributed by atoms with Gasteiger partial charge in [-0.15, -0.1) is 0 Å². The fraction of sp³-hybridized carbons (Fsp3) is 0.368. The molecule has 0 aliphatic carbocycles. The molecule has 1 aliphatic rings. The molecule has 2 heterocycles. The van der Waals surface area contributed by atoms with Gasteiger partial charge in [-0.3, -0.25) is 10.3 Å². The first kappa shape index (κ1) is 20.6. The van der Waals surface area contributed by atoms with Gasteiger partial charge in [0.2, 0.25) is 0 Å². The monoisotopic (exact) mass is 418 g/mol. The molecule has 0 spiro atoms. The van der Waals surface area contributed by atoms with E-state index in [-0.39, 0.29) is 34.6 Å². The Morgan fingerprint density at radius 3 is 2.79 bits per heavy atom. The van der Waals surface area contributed by atoms with Crippen molar-refractivity contribution in [3.63, 3.8) is 0 Å². The van der Waals surface area contributed by atoms with Crippen LogP contribution in [0, 0.1) is 17.1 Å². The van der Waals surface area contributed by atoms with Crippen LogP contribution in [0.15, 0.2) is 23.2 Å². The zero-order valence-electron chi connectivity index (χ0n) is 16.4. The quantitative estimate of drug-likeness (QED) is 0.773. The molecule has 8 nitrogen and oxygen atoms in total. The molecule has 0 saturated carbocycles. The minimum absolute atomic E-state index is 0.00529. The number of hydrogen-bond donors (Lipinski definition) is 2. The molecule has 1 amide bonds. The SMILES string of the molecule is CC(C)(C)OC(=O)Nc1ccc(F)c(C2(C)Cn3c(nc(Cl)c3C#N)C(N)=N2)c1. The first-order chi connectivity index (χ1) is 13.4. The highest BCUT2D eigenvalue weighted by molar-refractivity contribution is 6.30. The Hall–Kier alpha value is -3.12. The highest BCUT2D eigenvalue weighted by Crippen LogP contribution is 2.36. The highest BCUT2D eigenvalue weighted by atomic mass is 35.5. The maximum atomic E-state index is 14.7. The van der Waals surface area contributed by atoms with E-state index < -0.39 is 23.1 Å². The van der Waals surface area contributed by atoms with Crippen LogP contribution in [0.2, 0.25) is 5.15 Å². The van der Waals surface area contributed by atoms with E-state index in [0.29, 0.717) is 5.69 Å². The van der Waals surface area contributed by atoms with Crippen molar-refractivity contribution in [1.29, 1.82) is 5.26 Å². The van der Waals surface area contributed by atoms with E-state index in [0.717, 1.165) is 0 Å². The summed E-state index contributed by atoms with van der Waals surface area (Å²) in [6, 6.07) is 6.08. The van der Waals surface area contributed by atoms with Crippen molar-refractivity contribution in [3.8, 4) is 6.07 Å². The average molecular weight is 419 g/mol.